The molecule has 88 valence electrons. The van der Waals surface area contributed by atoms with Crippen molar-refractivity contribution in [1.29, 1.82) is 0 Å². The summed E-state index contributed by atoms with van der Waals surface area (Å²) in [5.41, 5.74) is 6.94. The van der Waals surface area contributed by atoms with Crippen LogP contribution in [0.4, 0.5) is 0 Å². The average Bonchev–Trinajstić information content (AvgIpc) is 2.79. The Morgan fingerprint density at radius 3 is 3.00 bits per heavy atom. The molecule has 2 N–H and O–H groups in total. The molecule has 0 aliphatic carbocycles. The van der Waals surface area contributed by atoms with Gasteiger partial charge in [0.15, 0.2) is 0 Å². The Balaban J connectivity index is 1.97. The first-order valence-corrected chi connectivity index (χ1v) is 5.86. The quantitative estimate of drug-likeness (QED) is 0.848. The zero-order chi connectivity index (χ0) is 11.4. The topological polar surface area (TPSA) is 44.5 Å². The lowest BCUT2D eigenvalue weighted by molar-refractivity contribution is 0.0675. The molecule has 0 amide bonds. The molecule has 1 aromatic carbocycles. The van der Waals surface area contributed by atoms with Crippen LogP contribution >= 0.6 is 0 Å². The highest BCUT2D eigenvalue weighted by Gasteiger charge is 2.17. The molecule has 0 bridgehead atoms. The predicted molar refractivity (Wildman–Crippen MR) is 63.5 cm³/mol. The van der Waals surface area contributed by atoms with E-state index in [0.29, 0.717) is 6.61 Å². The predicted octanol–water partition coefficient (Wildman–Crippen LogP) is 2.26. The molecule has 1 aliphatic rings. The fourth-order valence-corrected chi connectivity index (χ4v) is 1.95. The Kier molecular flexibility index (Phi) is 3.80. The Morgan fingerprint density at radius 2 is 2.31 bits per heavy atom. The monoisotopic (exact) mass is 221 g/mol. The molecule has 1 unspecified atom stereocenters. The van der Waals surface area contributed by atoms with Crippen LogP contribution in [-0.4, -0.2) is 19.3 Å². The van der Waals surface area contributed by atoms with Crippen LogP contribution in [0.15, 0.2) is 24.3 Å². The summed E-state index contributed by atoms with van der Waals surface area (Å²) in [5, 5.41) is 0. The van der Waals surface area contributed by atoms with Gasteiger partial charge in [0.2, 0.25) is 0 Å². The van der Waals surface area contributed by atoms with Crippen molar-refractivity contribution in [2.45, 2.75) is 31.9 Å². The van der Waals surface area contributed by atoms with Crippen molar-refractivity contribution in [3.8, 4) is 5.75 Å². The van der Waals surface area contributed by atoms with Gasteiger partial charge >= 0.3 is 0 Å². The van der Waals surface area contributed by atoms with E-state index in [9.17, 15) is 0 Å². The van der Waals surface area contributed by atoms with Crippen LogP contribution in [0.25, 0.3) is 0 Å². The Hall–Kier alpha value is -1.06. The minimum Gasteiger partial charge on any atom is -0.491 e. The molecule has 1 aliphatic heterocycles. The summed E-state index contributed by atoms with van der Waals surface area (Å²) in [6.07, 6.45) is 2.49. The molecule has 3 nitrogen and oxygen atoms in total. The summed E-state index contributed by atoms with van der Waals surface area (Å²) in [5.74, 6) is 0.882. The maximum atomic E-state index is 5.89. The molecule has 0 aromatic heterocycles. The summed E-state index contributed by atoms with van der Waals surface area (Å²) in [6, 6.07) is 7.93. The number of nitrogens with two attached hydrogens (primary N) is 1. The molecular formula is C13H19NO2. The summed E-state index contributed by atoms with van der Waals surface area (Å²) in [4.78, 5) is 0. The van der Waals surface area contributed by atoms with Crippen LogP contribution in [0.2, 0.25) is 0 Å². The number of para-hydroxylation sites is 1. The third-order valence-electron chi connectivity index (χ3n) is 2.86. The van der Waals surface area contributed by atoms with Crippen LogP contribution < -0.4 is 10.5 Å². The van der Waals surface area contributed by atoms with Gasteiger partial charge in [-0.1, -0.05) is 18.2 Å². The molecule has 16 heavy (non-hydrogen) atoms. The molecule has 1 saturated heterocycles. The van der Waals surface area contributed by atoms with Crippen molar-refractivity contribution < 1.29 is 9.47 Å². The fourth-order valence-electron chi connectivity index (χ4n) is 1.95. The maximum Gasteiger partial charge on any atom is 0.124 e. The lowest BCUT2D eigenvalue weighted by Crippen LogP contribution is -2.17. The van der Waals surface area contributed by atoms with Gasteiger partial charge in [-0.2, -0.15) is 0 Å². The number of hydrogen-bond donors (Lipinski definition) is 1. The van der Waals surface area contributed by atoms with Crippen LogP contribution in [0, 0.1) is 0 Å². The maximum absolute atomic E-state index is 5.89. The van der Waals surface area contributed by atoms with Gasteiger partial charge in [-0.3, -0.25) is 0 Å². The van der Waals surface area contributed by atoms with E-state index in [1.54, 1.807) is 0 Å². The Morgan fingerprint density at radius 1 is 1.50 bits per heavy atom. The first-order valence-electron chi connectivity index (χ1n) is 5.86. The Labute approximate surface area is 96.5 Å². The van der Waals surface area contributed by atoms with Crippen molar-refractivity contribution >= 4 is 0 Å². The molecule has 0 saturated carbocycles. The van der Waals surface area contributed by atoms with Gasteiger partial charge in [0.1, 0.15) is 12.4 Å². The lowest BCUT2D eigenvalue weighted by atomic mass is 10.1. The highest BCUT2D eigenvalue weighted by atomic mass is 16.5. The number of rotatable bonds is 4. The third kappa shape index (κ3) is 2.74. The van der Waals surface area contributed by atoms with Crippen LogP contribution in [0.3, 0.4) is 0 Å². The first-order chi connectivity index (χ1) is 7.77. The average molecular weight is 221 g/mol. The number of hydrogen-bond acceptors (Lipinski definition) is 3. The van der Waals surface area contributed by atoms with Crippen molar-refractivity contribution in [3.63, 3.8) is 0 Å². The summed E-state index contributed by atoms with van der Waals surface area (Å²) >= 11 is 0. The zero-order valence-electron chi connectivity index (χ0n) is 9.69. The van der Waals surface area contributed by atoms with Crippen molar-refractivity contribution in [1.82, 2.24) is 0 Å². The third-order valence-corrected chi connectivity index (χ3v) is 2.86. The van der Waals surface area contributed by atoms with Crippen LogP contribution in [0.5, 0.6) is 5.75 Å². The van der Waals surface area contributed by atoms with Gasteiger partial charge in [0.25, 0.3) is 0 Å². The molecule has 1 heterocycles. The van der Waals surface area contributed by atoms with E-state index in [1.807, 2.05) is 31.2 Å². The summed E-state index contributed by atoms with van der Waals surface area (Å²) in [6.45, 7) is 3.46. The second kappa shape index (κ2) is 5.32. The molecule has 3 heteroatoms. The summed E-state index contributed by atoms with van der Waals surface area (Å²) < 4.78 is 11.3. The minimum absolute atomic E-state index is 0.000645. The van der Waals surface area contributed by atoms with Crippen molar-refractivity contribution in [2.75, 3.05) is 13.2 Å². The lowest BCUT2D eigenvalue weighted by Gasteiger charge is -2.16. The van der Waals surface area contributed by atoms with Crippen molar-refractivity contribution in [2.24, 2.45) is 5.73 Å². The second-order valence-electron chi connectivity index (χ2n) is 4.27. The van der Waals surface area contributed by atoms with E-state index in [0.717, 1.165) is 30.8 Å². The molecule has 2 atom stereocenters. The number of benzene rings is 1. The molecule has 2 rings (SSSR count). The van der Waals surface area contributed by atoms with Gasteiger partial charge in [0.05, 0.1) is 6.10 Å². The van der Waals surface area contributed by atoms with E-state index < -0.39 is 0 Å². The molecule has 1 fully saturated rings. The van der Waals surface area contributed by atoms with E-state index in [-0.39, 0.29) is 12.1 Å². The Bertz CT molecular complexity index is 332. The van der Waals surface area contributed by atoms with Gasteiger partial charge in [-0.15, -0.1) is 0 Å². The SMILES string of the molecule is C[C@@H](N)c1ccccc1OCC1CCCO1. The van der Waals surface area contributed by atoms with Crippen LogP contribution in [-0.2, 0) is 4.74 Å². The van der Waals surface area contributed by atoms with Gasteiger partial charge in [-0.05, 0) is 25.8 Å². The van der Waals surface area contributed by atoms with Gasteiger partial charge in [0, 0.05) is 18.2 Å². The van der Waals surface area contributed by atoms with E-state index >= 15 is 0 Å². The van der Waals surface area contributed by atoms with E-state index in [2.05, 4.69) is 0 Å². The highest BCUT2D eigenvalue weighted by Crippen LogP contribution is 2.24. The number of ether oxygens (including phenoxy) is 2. The minimum atomic E-state index is 0.000645. The molecule has 0 radical (unpaired) electrons. The van der Waals surface area contributed by atoms with Gasteiger partial charge < -0.3 is 15.2 Å². The highest BCUT2D eigenvalue weighted by molar-refractivity contribution is 5.35. The molecule has 1 aromatic rings. The molecule has 0 spiro atoms. The second-order valence-corrected chi connectivity index (χ2v) is 4.27. The van der Waals surface area contributed by atoms with Gasteiger partial charge in [-0.25, -0.2) is 0 Å². The van der Waals surface area contributed by atoms with E-state index in [4.69, 9.17) is 15.2 Å². The standard InChI is InChI=1S/C13H19NO2/c1-10(14)12-6-2-3-7-13(12)16-9-11-5-4-8-15-11/h2-3,6-7,10-11H,4-5,8-9,14H2,1H3/t10-,11?/m1/s1. The largest absolute Gasteiger partial charge is 0.491 e. The normalized spacial score (nSPS) is 22.0. The summed E-state index contributed by atoms with van der Waals surface area (Å²) in [7, 11) is 0. The van der Waals surface area contributed by atoms with Crippen LogP contribution in [0.1, 0.15) is 31.4 Å². The van der Waals surface area contributed by atoms with Crippen molar-refractivity contribution in [3.05, 3.63) is 29.8 Å². The zero-order valence-corrected chi connectivity index (χ0v) is 9.69. The fraction of sp³-hybridized carbons (Fsp3) is 0.538. The first kappa shape index (κ1) is 11.4. The van der Waals surface area contributed by atoms with E-state index in [1.165, 1.54) is 0 Å². The smallest absolute Gasteiger partial charge is 0.124 e. The molecular weight excluding hydrogens is 202 g/mol.